The van der Waals surface area contributed by atoms with Gasteiger partial charge < -0.3 is 10.2 Å². The van der Waals surface area contributed by atoms with Crippen LogP contribution in [0.2, 0.25) is 5.02 Å². The number of piperidine rings is 1. The van der Waals surface area contributed by atoms with E-state index in [1.165, 1.54) is 0 Å². The third-order valence-corrected chi connectivity index (χ3v) is 5.08. The van der Waals surface area contributed by atoms with Crippen LogP contribution in [0.3, 0.4) is 0 Å². The first-order chi connectivity index (χ1) is 12.5. The Kier molecular flexibility index (Phi) is 5.81. The number of amides is 2. The summed E-state index contributed by atoms with van der Waals surface area (Å²) in [4.78, 5) is 26.6. The Hall–Kier alpha value is -2.08. The summed E-state index contributed by atoms with van der Waals surface area (Å²) in [6.07, 6.45) is 3.80. The first kappa shape index (κ1) is 18.7. The van der Waals surface area contributed by atoms with Gasteiger partial charge in [0.25, 0.3) is 0 Å². The number of nitrogens with one attached hydrogen (secondary N) is 1. The van der Waals surface area contributed by atoms with Crippen LogP contribution in [0.15, 0.2) is 24.4 Å². The molecule has 1 aliphatic heterocycles. The van der Waals surface area contributed by atoms with Crippen LogP contribution in [-0.4, -0.2) is 45.6 Å². The minimum atomic E-state index is -0.112. The highest BCUT2D eigenvalue weighted by Gasteiger charge is 2.28. The summed E-state index contributed by atoms with van der Waals surface area (Å²) in [5.74, 6) is 0.00220. The third kappa shape index (κ3) is 4.18. The van der Waals surface area contributed by atoms with Crippen molar-refractivity contribution in [2.45, 2.75) is 45.7 Å². The Bertz CT molecular complexity index is 802. The Morgan fingerprint density at radius 3 is 2.96 bits per heavy atom. The number of hydrogen-bond donors (Lipinski definition) is 1. The van der Waals surface area contributed by atoms with E-state index in [0.29, 0.717) is 24.5 Å². The van der Waals surface area contributed by atoms with Gasteiger partial charge in [-0.1, -0.05) is 17.7 Å². The molecule has 140 valence electrons. The molecule has 0 radical (unpaired) electrons. The zero-order valence-electron chi connectivity index (χ0n) is 15.2. The summed E-state index contributed by atoms with van der Waals surface area (Å²) in [5.41, 5.74) is 0.929. The molecule has 0 aliphatic carbocycles. The summed E-state index contributed by atoms with van der Waals surface area (Å²) in [6.45, 7) is 5.62. The molecule has 3 rings (SSSR count). The van der Waals surface area contributed by atoms with Gasteiger partial charge in [-0.05, 0) is 38.8 Å². The number of halogens is 1. The molecule has 0 bridgehead atoms. The van der Waals surface area contributed by atoms with Crippen molar-refractivity contribution in [1.82, 2.24) is 20.0 Å². The number of carbonyl (C=O) groups excluding carboxylic acids is 2. The zero-order valence-corrected chi connectivity index (χ0v) is 16.0. The molecule has 1 aliphatic rings. The third-order valence-electron chi connectivity index (χ3n) is 4.75. The molecule has 1 unspecified atom stereocenters. The second-order valence-corrected chi connectivity index (χ2v) is 7.54. The number of rotatable bonds is 5. The fourth-order valence-electron chi connectivity index (χ4n) is 3.43. The highest BCUT2D eigenvalue weighted by atomic mass is 35.5. The molecule has 1 aromatic heterocycles. The van der Waals surface area contributed by atoms with Crippen LogP contribution in [0.5, 0.6) is 0 Å². The normalized spacial score (nSPS) is 17.7. The van der Waals surface area contributed by atoms with E-state index >= 15 is 0 Å². The number of aromatic nitrogens is 2. The van der Waals surface area contributed by atoms with Crippen molar-refractivity contribution in [3.8, 4) is 0 Å². The summed E-state index contributed by atoms with van der Waals surface area (Å²) in [5, 5.41) is 8.85. The molecule has 1 saturated heterocycles. The lowest BCUT2D eigenvalue weighted by Gasteiger charge is -2.32. The summed E-state index contributed by atoms with van der Waals surface area (Å²) >= 11 is 6.17. The Balaban J connectivity index is 1.59. The van der Waals surface area contributed by atoms with E-state index in [1.807, 2.05) is 41.6 Å². The van der Waals surface area contributed by atoms with Crippen molar-refractivity contribution in [3.63, 3.8) is 0 Å². The molecular formula is C19H25ClN4O2. The predicted octanol–water partition coefficient (Wildman–Crippen LogP) is 2.84. The first-order valence-corrected chi connectivity index (χ1v) is 9.51. The Labute approximate surface area is 158 Å². The summed E-state index contributed by atoms with van der Waals surface area (Å²) < 4.78 is 1.81. The Morgan fingerprint density at radius 1 is 1.38 bits per heavy atom. The molecule has 26 heavy (non-hydrogen) atoms. The van der Waals surface area contributed by atoms with E-state index in [0.717, 1.165) is 30.3 Å². The maximum atomic E-state index is 12.6. The van der Waals surface area contributed by atoms with Gasteiger partial charge in [-0.25, -0.2) is 0 Å². The highest BCUT2D eigenvalue weighted by Crippen LogP contribution is 2.23. The van der Waals surface area contributed by atoms with Crippen LogP contribution >= 0.6 is 11.6 Å². The van der Waals surface area contributed by atoms with Crippen LogP contribution in [0, 0.1) is 5.92 Å². The number of likely N-dealkylation sites (tertiary alicyclic amines) is 1. The van der Waals surface area contributed by atoms with Gasteiger partial charge in [0, 0.05) is 30.9 Å². The largest absolute Gasteiger partial charge is 0.354 e. The number of carbonyl (C=O) groups is 2. The number of hydrogen-bond acceptors (Lipinski definition) is 3. The zero-order chi connectivity index (χ0) is 18.7. The second-order valence-electron chi connectivity index (χ2n) is 7.13. The quantitative estimate of drug-likeness (QED) is 0.872. The van der Waals surface area contributed by atoms with Crippen LogP contribution in [-0.2, 0) is 16.1 Å². The molecule has 1 N–H and O–H groups in total. The number of fused-ring (bicyclic) bond motifs is 1. The van der Waals surface area contributed by atoms with Crippen molar-refractivity contribution in [2.75, 3.05) is 13.1 Å². The fourth-order valence-corrected chi connectivity index (χ4v) is 3.64. The average Bonchev–Trinajstić information content (AvgIpc) is 3.04. The number of aryl methyl sites for hydroxylation is 1. The molecule has 0 spiro atoms. The van der Waals surface area contributed by atoms with Gasteiger partial charge in [0.15, 0.2) is 0 Å². The Morgan fingerprint density at radius 2 is 2.19 bits per heavy atom. The predicted molar refractivity (Wildman–Crippen MR) is 102 cm³/mol. The van der Waals surface area contributed by atoms with E-state index in [-0.39, 0.29) is 23.8 Å². The summed E-state index contributed by atoms with van der Waals surface area (Å²) in [6, 6.07) is 5.78. The van der Waals surface area contributed by atoms with Gasteiger partial charge in [0.2, 0.25) is 11.8 Å². The molecule has 1 fully saturated rings. The minimum absolute atomic E-state index is 0.0465. The van der Waals surface area contributed by atoms with Gasteiger partial charge in [0.1, 0.15) is 0 Å². The van der Waals surface area contributed by atoms with E-state index in [4.69, 9.17) is 11.6 Å². The van der Waals surface area contributed by atoms with Crippen LogP contribution < -0.4 is 5.32 Å². The average molecular weight is 377 g/mol. The number of benzene rings is 1. The molecule has 7 heteroatoms. The molecule has 0 saturated carbocycles. The maximum absolute atomic E-state index is 12.6. The summed E-state index contributed by atoms with van der Waals surface area (Å²) in [7, 11) is 0. The first-order valence-electron chi connectivity index (χ1n) is 9.14. The van der Waals surface area contributed by atoms with Crippen molar-refractivity contribution in [2.24, 2.45) is 5.92 Å². The van der Waals surface area contributed by atoms with Gasteiger partial charge in [0.05, 0.1) is 29.2 Å². The SMILES string of the molecule is CC(C)NC(=O)C1CCCN(C(=O)CCn2ncc3c(Cl)cccc32)C1. The second kappa shape index (κ2) is 8.08. The van der Waals surface area contributed by atoms with Crippen LogP contribution in [0.1, 0.15) is 33.1 Å². The van der Waals surface area contributed by atoms with Crippen LogP contribution in [0.4, 0.5) is 0 Å². The molecule has 1 aromatic carbocycles. The molecule has 2 aromatic rings. The van der Waals surface area contributed by atoms with Gasteiger partial charge in [-0.3, -0.25) is 14.3 Å². The van der Waals surface area contributed by atoms with E-state index in [1.54, 1.807) is 6.20 Å². The maximum Gasteiger partial charge on any atom is 0.225 e. The molecule has 6 nitrogen and oxygen atoms in total. The standard InChI is InChI=1S/C19H25ClN4O2/c1-13(2)22-19(26)14-5-4-9-23(12-14)18(25)8-10-24-17-7-3-6-16(20)15(17)11-21-24/h3,6-7,11,13-14H,4-5,8-10,12H2,1-2H3,(H,22,26). The molecule has 1 atom stereocenters. The van der Waals surface area contributed by atoms with Crippen molar-refractivity contribution in [1.29, 1.82) is 0 Å². The van der Waals surface area contributed by atoms with Crippen molar-refractivity contribution >= 4 is 34.3 Å². The van der Waals surface area contributed by atoms with Crippen LogP contribution in [0.25, 0.3) is 10.9 Å². The van der Waals surface area contributed by atoms with E-state index in [9.17, 15) is 9.59 Å². The van der Waals surface area contributed by atoms with Gasteiger partial charge in [-0.2, -0.15) is 5.10 Å². The highest BCUT2D eigenvalue weighted by molar-refractivity contribution is 6.35. The van der Waals surface area contributed by atoms with Crippen molar-refractivity contribution in [3.05, 3.63) is 29.4 Å². The van der Waals surface area contributed by atoms with Gasteiger partial charge in [-0.15, -0.1) is 0 Å². The van der Waals surface area contributed by atoms with Crippen molar-refractivity contribution < 1.29 is 9.59 Å². The topological polar surface area (TPSA) is 67.2 Å². The minimum Gasteiger partial charge on any atom is -0.354 e. The number of nitrogens with zero attached hydrogens (tertiary/aromatic N) is 3. The van der Waals surface area contributed by atoms with Gasteiger partial charge >= 0.3 is 0 Å². The molecular weight excluding hydrogens is 352 g/mol. The molecule has 2 heterocycles. The van der Waals surface area contributed by atoms with E-state index < -0.39 is 0 Å². The lowest BCUT2D eigenvalue weighted by atomic mass is 9.96. The fraction of sp³-hybridized carbons (Fsp3) is 0.526. The molecule has 2 amide bonds. The monoisotopic (exact) mass is 376 g/mol. The smallest absolute Gasteiger partial charge is 0.225 e. The lowest BCUT2D eigenvalue weighted by Crippen LogP contribution is -2.46. The van der Waals surface area contributed by atoms with E-state index in [2.05, 4.69) is 10.4 Å². The lowest BCUT2D eigenvalue weighted by molar-refractivity contribution is -0.136.